The lowest BCUT2D eigenvalue weighted by Gasteiger charge is -2.55. The lowest BCUT2D eigenvalue weighted by Crippen LogP contribution is -2.76. The Hall–Kier alpha value is -5.82. The Morgan fingerprint density at radius 2 is 1.77 bits per heavy atom. The number of aromatic hydroxyl groups is 1. The molecule has 4 amide bonds. The fraction of sp³-hybridized carbons (Fsp3) is 0.333. The van der Waals surface area contributed by atoms with Crippen LogP contribution in [0.4, 0.5) is 4.79 Å². The molecule has 1 aliphatic carbocycles. The van der Waals surface area contributed by atoms with Crippen molar-refractivity contribution < 1.29 is 24.3 Å². The standard InChI is InChI=1S/C39H42N8O5/c1-3-19-44-25-34(49)46-32(21-26-12-16-30(48)17-13-26)38(51)43(24-33(46)47(44)39(52)41-22-27-8-5-4-6-9-27)23-29-10-7-11-31-35(37(50)28-14-15-28)42-45(36(29)31)20-18-40-2/h3-13,16-18,28,32-33,48H,1,14-15,19-25H2,2H3,(H,41,52)/t32-,33-/m0/s1. The summed E-state index contributed by atoms with van der Waals surface area (Å²) in [7, 11) is 1.68. The summed E-state index contributed by atoms with van der Waals surface area (Å²) >= 11 is 0. The predicted octanol–water partition coefficient (Wildman–Crippen LogP) is 3.77. The summed E-state index contributed by atoms with van der Waals surface area (Å²) in [6, 6.07) is 20.4. The number of Topliss-reactive ketones (excluding diaryl/α,β-unsaturated/α-hetero) is 1. The summed E-state index contributed by atoms with van der Waals surface area (Å²) in [5, 5.41) is 21.6. The summed E-state index contributed by atoms with van der Waals surface area (Å²) in [5.41, 5.74) is 3.60. The number of ketones is 1. The van der Waals surface area contributed by atoms with E-state index in [1.807, 2.05) is 48.5 Å². The average molecular weight is 703 g/mol. The lowest BCUT2D eigenvalue weighted by molar-refractivity contribution is -0.189. The largest absolute Gasteiger partial charge is 0.508 e. The molecule has 3 fully saturated rings. The first-order valence-corrected chi connectivity index (χ1v) is 17.5. The number of phenols is 1. The Morgan fingerprint density at radius 1 is 1.00 bits per heavy atom. The van der Waals surface area contributed by atoms with Crippen molar-refractivity contribution in [2.45, 2.75) is 51.1 Å². The van der Waals surface area contributed by atoms with E-state index >= 15 is 0 Å². The van der Waals surface area contributed by atoms with E-state index in [9.17, 15) is 24.3 Å². The molecule has 2 N–H and O–H groups in total. The number of hydrogen-bond acceptors (Lipinski definition) is 8. The SMILES string of the molecule is C=CCN1CC(=O)N2[C@@H](Cc3ccc(O)cc3)C(=O)N(Cc3cccc4c(C(=O)C5CC5)nn(CC=NC)c34)C[C@@H]2N1C(=O)NCc1ccccc1. The number of piperazine rings is 1. The predicted molar refractivity (Wildman–Crippen MR) is 195 cm³/mol. The molecular formula is C39H42N8O5. The first-order valence-electron chi connectivity index (χ1n) is 17.5. The Morgan fingerprint density at radius 3 is 2.48 bits per heavy atom. The normalized spacial score (nSPS) is 19.4. The number of hydrogen-bond donors (Lipinski definition) is 2. The first kappa shape index (κ1) is 34.6. The van der Waals surface area contributed by atoms with Crippen molar-refractivity contribution in [2.75, 3.05) is 26.7 Å². The van der Waals surface area contributed by atoms with Crippen LogP contribution in [-0.2, 0) is 35.6 Å². The summed E-state index contributed by atoms with van der Waals surface area (Å²) < 4.78 is 1.77. The van der Waals surface area contributed by atoms with E-state index in [-0.39, 0.29) is 68.4 Å². The lowest BCUT2D eigenvalue weighted by atomic mass is 9.98. The number of urea groups is 1. The number of fused-ring (bicyclic) bond motifs is 2. The van der Waals surface area contributed by atoms with Crippen molar-refractivity contribution >= 4 is 40.7 Å². The molecule has 0 radical (unpaired) electrons. The van der Waals surface area contributed by atoms with Gasteiger partial charge in [-0.1, -0.05) is 66.7 Å². The molecule has 2 saturated heterocycles. The van der Waals surface area contributed by atoms with Crippen LogP contribution in [0.1, 0.15) is 40.0 Å². The van der Waals surface area contributed by atoms with E-state index in [2.05, 4.69) is 16.9 Å². The molecule has 0 unspecified atom stereocenters. The van der Waals surface area contributed by atoms with Crippen LogP contribution in [0.2, 0.25) is 0 Å². The molecule has 13 heteroatoms. The van der Waals surface area contributed by atoms with Crippen LogP contribution in [0.3, 0.4) is 0 Å². The van der Waals surface area contributed by atoms with E-state index in [4.69, 9.17) is 5.10 Å². The zero-order valence-electron chi connectivity index (χ0n) is 29.1. The highest BCUT2D eigenvalue weighted by atomic mass is 16.3. The fourth-order valence-electron chi connectivity index (χ4n) is 7.21. The number of benzene rings is 3. The molecule has 13 nitrogen and oxygen atoms in total. The van der Waals surface area contributed by atoms with Gasteiger partial charge in [-0.15, -0.1) is 6.58 Å². The van der Waals surface area contributed by atoms with Crippen molar-refractivity contribution in [3.05, 3.63) is 108 Å². The molecule has 3 aliphatic rings. The van der Waals surface area contributed by atoms with Gasteiger partial charge in [0.05, 0.1) is 25.2 Å². The van der Waals surface area contributed by atoms with Gasteiger partial charge >= 0.3 is 6.03 Å². The number of para-hydroxylation sites is 1. The van der Waals surface area contributed by atoms with Crippen molar-refractivity contribution in [3.8, 4) is 5.75 Å². The molecule has 0 bridgehead atoms. The zero-order chi connectivity index (χ0) is 36.4. The maximum Gasteiger partial charge on any atom is 0.334 e. The molecule has 1 saturated carbocycles. The van der Waals surface area contributed by atoms with Crippen molar-refractivity contribution in [1.29, 1.82) is 0 Å². The average Bonchev–Trinajstić information content (AvgIpc) is 3.93. The van der Waals surface area contributed by atoms with Crippen LogP contribution in [-0.4, -0.2) is 103 Å². The Bertz CT molecular complexity index is 2020. The molecule has 4 aromatic rings. The Labute approximate surface area is 301 Å². The van der Waals surface area contributed by atoms with E-state index in [1.165, 1.54) is 0 Å². The topological polar surface area (TPSA) is 144 Å². The van der Waals surface area contributed by atoms with Gasteiger partial charge < -0.3 is 20.2 Å². The number of hydrazine groups is 1. The van der Waals surface area contributed by atoms with Gasteiger partial charge in [0.1, 0.15) is 23.7 Å². The number of phenolic OH excluding ortho intramolecular Hbond substituents is 1. The summed E-state index contributed by atoms with van der Waals surface area (Å²) in [6.07, 6.45) is 4.40. The van der Waals surface area contributed by atoms with Crippen molar-refractivity contribution in [1.82, 2.24) is 34.9 Å². The molecular weight excluding hydrogens is 660 g/mol. The number of amides is 4. The second-order valence-electron chi connectivity index (χ2n) is 13.4. The highest BCUT2D eigenvalue weighted by molar-refractivity contribution is 6.08. The number of aliphatic imine (C=N–C) groups is 1. The molecule has 7 rings (SSSR count). The van der Waals surface area contributed by atoms with Crippen molar-refractivity contribution in [3.63, 3.8) is 0 Å². The third kappa shape index (κ3) is 6.91. The highest BCUT2D eigenvalue weighted by Gasteiger charge is 2.51. The van der Waals surface area contributed by atoms with Crippen LogP contribution in [0.5, 0.6) is 5.75 Å². The van der Waals surface area contributed by atoms with Gasteiger partial charge in [-0.2, -0.15) is 5.10 Å². The smallest absolute Gasteiger partial charge is 0.334 e. The molecule has 1 aromatic heterocycles. The number of carbonyl (C=O) groups excluding carboxylic acids is 4. The first-order chi connectivity index (χ1) is 25.3. The molecule has 52 heavy (non-hydrogen) atoms. The van der Waals surface area contributed by atoms with Gasteiger partial charge in [0.2, 0.25) is 11.8 Å². The van der Waals surface area contributed by atoms with Gasteiger partial charge in [-0.3, -0.25) is 24.1 Å². The second-order valence-corrected chi connectivity index (χ2v) is 13.4. The molecule has 0 spiro atoms. The number of nitrogens with one attached hydrogen (secondary N) is 1. The Kier molecular flexibility index (Phi) is 9.86. The minimum atomic E-state index is -0.936. The van der Waals surface area contributed by atoms with Gasteiger partial charge in [0.25, 0.3) is 0 Å². The quantitative estimate of drug-likeness (QED) is 0.130. The third-order valence-corrected chi connectivity index (χ3v) is 9.86. The van der Waals surface area contributed by atoms with Crippen molar-refractivity contribution in [2.24, 2.45) is 10.9 Å². The number of aromatic nitrogens is 2. The van der Waals surface area contributed by atoms with Crippen LogP contribution in [0.15, 0.2) is 90.4 Å². The zero-order valence-corrected chi connectivity index (χ0v) is 29.1. The van der Waals surface area contributed by atoms with E-state index < -0.39 is 18.2 Å². The highest BCUT2D eigenvalue weighted by Crippen LogP contribution is 2.36. The minimum absolute atomic E-state index is 0.0215. The molecule has 2 atom stereocenters. The number of carbonyl (C=O) groups is 4. The van der Waals surface area contributed by atoms with Crippen LogP contribution >= 0.6 is 0 Å². The van der Waals surface area contributed by atoms with Gasteiger partial charge in [0, 0.05) is 50.6 Å². The maximum atomic E-state index is 14.6. The minimum Gasteiger partial charge on any atom is -0.508 e. The summed E-state index contributed by atoms with van der Waals surface area (Å²) in [6.45, 7) is 4.79. The Balaban J connectivity index is 1.28. The van der Waals surface area contributed by atoms with Gasteiger partial charge in [0.15, 0.2) is 5.78 Å². The monoisotopic (exact) mass is 702 g/mol. The van der Waals surface area contributed by atoms with Crippen LogP contribution < -0.4 is 5.32 Å². The van der Waals surface area contributed by atoms with E-state index in [0.717, 1.165) is 40.4 Å². The van der Waals surface area contributed by atoms with Gasteiger partial charge in [-0.05, 0) is 41.7 Å². The third-order valence-electron chi connectivity index (χ3n) is 9.86. The number of nitrogens with zero attached hydrogens (tertiary/aromatic N) is 7. The molecule has 3 heterocycles. The van der Waals surface area contributed by atoms with Crippen LogP contribution in [0.25, 0.3) is 10.9 Å². The molecule has 2 aliphatic heterocycles. The fourth-order valence-corrected chi connectivity index (χ4v) is 7.21. The maximum absolute atomic E-state index is 14.6. The van der Waals surface area contributed by atoms with Crippen LogP contribution in [0, 0.1) is 5.92 Å². The summed E-state index contributed by atoms with van der Waals surface area (Å²) in [4.78, 5) is 63.5. The second kappa shape index (κ2) is 14.8. The molecule has 268 valence electrons. The van der Waals surface area contributed by atoms with E-state index in [1.54, 1.807) is 68.1 Å². The van der Waals surface area contributed by atoms with E-state index in [0.29, 0.717) is 12.2 Å². The molecule has 3 aromatic carbocycles. The summed E-state index contributed by atoms with van der Waals surface area (Å²) in [5.74, 6) is -0.462. The number of rotatable bonds is 12. The van der Waals surface area contributed by atoms with Gasteiger partial charge in [-0.25, -0.2) is 14.8 Å².